The lowest BCUT2D eigenvalue weighted by Crippen LogP contribution is -2.44. The molecule has 0 aliphatic rings. The summed E-state index contributed by atoms with van der Waals surface area (Å²) in [7, 11) is -3.98. The second-order valence-corrected chi connectivity index (χ2v) is 8.35. The van der Waals surface area contributed by atoms with Gasteiger partial charge >= 0.3 is 6.18 Å². The average molecular weight is 401 g/mol. The number of nitrogens with one attached hydrogen (secondary N) is 1. The van der Waals surface area contributed by atoms with Crippen molar-refractivity contribution < 1.29 is 26.4 Å². The molecule has 1 amide bonds. The fraction of sp³-hybridized carbons (Fsp3) is 0.533. The van der Waals surface area contributed by atoms with Gasteiger partial charge in [-0.1, -0.05) is 25.4 Å². The third-order valence-corrected chi connectivity index (χ3v) is 5.09. The van der Waals surface area contributed by atoms with E-state index in [0.29, 0.717) is 10.4 Å². The van der Waals surface area contributed by atoms with E-state index in [9.17, 15) is 26.4 Å². The van der Waals surface area contributed by atoms with Crippen LogP contribution in [0.4, 0.5) is 18.9 Å². The Bertz CT molecular complexity index is 736. The molecule has 1 aromatic carbocycles. The lowest BCUT2D eigenvalue weighted by molar-refractivity contribution is -0.137. The third kappa shape index (κ3) is 6.07. The second kappa shape index (κ2) is 7.82. The average Bonchev–Trinajstić information content (AvgIpc) is 2.43. The number of rotatable bonds is 6. The minimum absolute atomic E-state index is 0.114. The first-order valence-corrected chi connectivity index (χ1v) is 9.60. The van der Waals surface area contributed by atoms with Crippen molar-refractivity contribution in [3.05, 3.63) is 28.8 Å². The quantitative estimate of drug-likeness (QED) is 0.796. The second-order valence-electron chi connectivity index (χ2n) is 6.03. The molecule has 0 bridgehead atoms. The molecule has 10 heteroatoms. The Morgan fingerprint density at radius 3 is 2.28 bits per heavy atom. The van der Waals surface area contributed by atoms with E-state index >= 15 is 0 Å². The standard InChI is InChI=1S/C15H20ClF3N2O3S/c1-9(2)10(3)20-14(22)8-21(25(4,23)24)11-5-6-13(16)12(7-11)15(17,18)19/h5-7,9-10H,8H2,1-4H3,(H,20,22)/t10-/m1/s1. The number of nitrogens with zero attached hydrogens (tertiary/aromatic N) is 1. The van der Waals surface area contributed by atoms with E-state index in [4.69, 9.17) is 11.6 Å². The number of anilines is 1. The smallest absolute Gasteiger partial charge is 0.352 e. The van der Waals surface area contributed by atoms with Gasteiger partial charge in [-0.25, -0.2) is 8.42 Å². The first-order valence-electron chi connectivity index (χ1n) is 7.37. The molecule has 0 saturated heterocycles. The summed E-state index contributed by atoms with van der Waals surface area (Å²) >= 11 is 5.54. The molecule has 1 N–H and O–H groups in total. The molecule has 0 aromatic heterocycles. The predicted octanol–water partition coefficient (Wildman–Crippen LogP) is 3.29. The third-order valence-electron chi connectivity index (χ3n) is 3.62. The highest BCUT2D eigenvalue weighted by atomic mass is 35.5. The highest BCUT2D eigenvalue weighted by Gasteiger charge is 2.34. The summed E-state index contributed by atoms with van der Waals surface area (Å²) in [5.41, 5.74) is -1.46. The molecule has 0 aliphatic carbocycles. The SMILES string of the molecule is CC(C)[C@@H](C)NC(=O)CN(c1ccc(Cl)c(C(F)(F)F)c1)S(C)(=O)=O. The Labute approximate surface area is 150 Å². The van der Waals surface area contributed by atoms with Gasteiger partial charge in [0.1, 0.15) is 6.54 Å². The van der Waals surface area contributed by atoms with Crippen LogP contribution in [-0.4, -0.2) is 33.2 Å². The van der Waals surface area contributed by atoms with Gasteiger partial charge in [-0.3, -0.25) is 9.10 Å². The zero-order chi connectivity index (χ0) is 19.6. The van der Waals surface area contributed by atoms with E-state index in [1.165, 1.54) is 0 Å². The summed E-state index contributed by atoms with van der Waals surface area (Å²) in [6.45, 7) is 4.86. The Kier molecular flexibility index (Phi) is 6.74. The summed E-state index contributed by atoms with van der Waals surface area (Å²) in [4.78, 5) is 12.1. The number of benzene rings is 1. The van der Waals surface area contributed by atoms with Crippen LogP contribution in [0.5, 0.6) is 0 Å². The highest BCUT2D eigenvalue weighted by Crippen LogP contribution is 2.37. The molecule has 1 atom stereocenters. The molecule has 142 valence electrons. The molecule has 0 unspecified atom stereocenters. The van der Waals surface area contributed by atoms with Crippen LogP contribution in [0.3, 0.4) is 0 Å². The van der Waals surface area contributed by atoms with E-state index in [1.807, 2.05) is 13.8 Å². The van der Waals surface area contributed by atoms with E-state index < -0.39 is 39.2 Å². The molecule has 0 spiro atoms. The number of sulfonamides is 1. The minimum Gasteiger partial charge on any atom is -0.352 e. The van der Waals surface area contributed by atoms with Gasteiger partial charge in [0.25, 0.3) is 0 Å². The molecule has 1 rings (SSSR count). The zero-order valence-electron chi connectivity index (χ0n) is 14.2. The lowest BCUT2D eigenvalue weighted by atomic mass is 10.1. The van der Waals surface area contributed by atoms with Crippen LogP contribution in [0.2, 0.25) is 5.02 Å². The molecule has 0 radical (unpaired) electrons. The van der Waals surface area contributed by atoms with Crippen molar-refractivity contribution in [2.24, 2.45) is 5.92 Å². The molecule has 5 nitrogen and oxygen atoms in total. The van der Waals surface area contributed by atoms with E-state index in [0.717, 1.165) is 18.4 Å². The Balaban J connectivity index is 3.20. The van der Waals surface area contributed by atoms with Crippen molar-refractivity contribution in [2.45, 2.75) is 33.0 Å². The van der Waals surface area contributed by atoms with Gasteiger partial charge in [-0.15, -0.1) is 0 Å². The van der Waals surface area contributed by atoms with Gasteiger partial charge in [0.2, 0.25) is 15.9 Å². The van der Waals surface area contributed by atoms with Gasteiger partial charge in [0.05, 0.1) is 22.5 Å². The molecule has 0 fully saturated rings. The topological polar surface area (TPSA) is 66.5 Å². The summed E-state index contributed by atoms with van der Waals surface area (Å²) in [6, 6.07) is 2.47. The van der Waals surface area contributed by atoms with Gasteiger partial charge < -0.3 is 5.32 Å². The van der Waals surface area contributed by atoms with Gasteiger partial charge in [0.15, 0.2) is 0 Å². The minimum atomic E-state index is -4.75. The summed E-state index contributed by atoms with van der Waals surface area (Å²) in [5, 5.41) is 2.06. The Morgan fingerprint density at radius 1 is 1.28 bits per heavy atom. The zero-order valence-corrected chi connectivity index (χ0v) is 15.8. The largest absolute Gasteiger partial charge is 0.417 e. The fourth-order valence-corrected chi connectivity index (χ4v) is 2.96. The maximum Gasteiger partial charge on any atom is 0.417 e. The summed E-state index contributed by atoms with van der Waals surface area (Å²) < 4.78 is 63.5. The van der Waals surface area contributed by atoms with Crippen molar-refractivity contribution >= 4 is 33.2 Å². The molecule has 1 aromatic rings. The molecule has 0 saturated carbocycles. The number of hydrogen-bond acceptors (Lipinski definition) is 3. The number of alkyl halides is 3. The first-order chi connectivity index (χ1) is 11.2. The van der Waals surface area contributed by atoms with Crippen LogP contribution in [0.1, 0.15) is 26.3 Å². The Morgan fingerprint density at radius 2 is 1.84 bits per heavy atom. The van der Waals surface area contributed by atoms with Crippen molar-refractivity contribution in [1.29, 1.82) is 0 Å². The van der Waals surface area contributed by atoms with Gasteiger partial charge in [0, 0.05) is 6.04 Å². The Hall–Kier alpha value is -1.48. The first kappa shape index (κ1) is 21.6. The predicted molar refractivity (Wildman–Crippen MR) is 91.1 cm³/mol. The van der Waals surface area contributed by atoms with Crippen LogP contribution in [-0.2, 0) is 21.0 Å². The number of amides is 1. The summed E-state index contributed by atoms with van der Waals surface area (Å²) in [6.07, 6.45) is -3.93. The highest BCUT2D eigenvalue weighted by molar-refractivity contribution is 7.92. The van der Waals surface area contributed by atoms with Crippen molar-refractivity contribution in [3.8, 4) is 0 Å². The lowest BCUT2D eigenvalue weighted by Gasteiger charge is -2.25. The summed E-state index contributed by atoms with van der Waals surface area (Å²) in [5.74, 6) is -0.502. The fourth-order valence-electron chi connectivity index (χ4n) is 1.88. The number of carbonyl (C=O) groups is 1. The molecule has 25 heavy (non-hydrogen) atoms. The van der Waals surface area contributed by atoms with Crippen molar-refractivity contribution in [3.63, 3.8) is 0 Å². The monoisotopic (exact) mass is 400 g/mol. The van der Waals surface area contributed by atoms with Gasteiger partial charge in [-0.05, 0) is 31.0 Å². The maximum absolute atomic E-state index is 13.0. The number of halogens is 4. The van der Waals surface area contributed by atoms with Crippen molar-refractivity contribution in [2.75, 3.05) is 17.1 Å². The van der Waals surface area contributed by atoms with Crippen LogP contribution in [0.25, 0.3) is 0 Å². The van der Waals surface area contributed by atoms with E-state index in [1.54, 1.807) is 6.92 Å². The van der Waals surface area contributed by atoms with Gasteiger partial charge in [-0.2, -0.15) is 13.2 Å². The molecular formula is C15H20ClF3N2O3S. The van der Waals surface area contributed by atoms with Crippen LogP contribution in [0.15, 0.2) is 18.2 Å². The number of hydrogen-bond donors (Lipinski definition) is 1. The van der Waals surface area contributed by atoms with E-state index in [-0.39, 0.29) is 17.6 Å². The van der Waals surface area contributed by atoms with Crippen molar-refractivity contribution in [1.82, 2.24) is 5.32 Å². The molecule has 0 aliphatic heterocycles. The van der Waals surface area contributed by atoms with E-state index in [2.05, 4.69) is 5.32 Å². The normalized spacial score (nSPS) is 13.6. The molecular weight excluding hydrogens is 381 g/mol. The van der Waals surface area contributed by atoms with Crippen LogP contribution in [0, 0.1) is 5.92 Å². The van der Waals surface area contributed by atoms with Crippen LogP contribution >= 0.6 is 11.6 Å². The van der Waals surface area contributed by atoms with Crippen LogP contribution < -0.4 is 9.62 Å². The molecule has 0 heterocycles. The number of carbonyl (C=O) groups excluding carboxylic acids is 1. The maximum atomic E-state index is 13.0.